The molecule has 0 saturated heterocycles. The summed E-state index contributed by atoms with van der Waals surface area (Å²) in [6, 6.07) is 6.06. The Morgan fingerprint density at radius 3 is 2.41 bits per heavy atom. The topological polar surface area (TPSA) is 26.0 Å². The second-order valence-electron chi connectivity index (χ2n) is 6.01. The van der Waals surface area contributed by atoms with Crippen LogP contribution in [0.15, 0.2) is 18.2 Å². The van der Waals surface area contributed by atoms with E-state index in [0.29, 0.717) is 5.92 Å². The molecule has 0 bridgehead atoms. The van der Waals surface area contributed by atoms with Crippen LogP contribution in [0.25, 0.3) is 0 Å². The fourth-order valence-electron chi connectivity index (χ4n) is 1.60. The molecule has 0 unspecified atom stereocenters. The number of rotatable bonds is 2. The summed E-state index contributed by atoms with van der Waals surface area (Å²) in [7, 11) is -1.31. The molecule has 0 fully saturated rings. The smallest absolute Gasteiger partial charge is 0.129 e. The predicted octanol–water partition coefficient (Wildman–Crippen LogP) is 3.70. The molecule has 0 radical (unpaired) electrons. The SMILES string of the molecule is CC(C)Cc1cc(N)ccc1C#C[Si](C)(C)C. The van der Waals surface area contributed by atoms with Gasteiger partial charge in [-0.1, -0.05) is 39.4 Å². The Bertz CT molecular complexity index is 444. The average Bonchev–Trinajstić information content (AvgIpc) is 2.14. The minimum Gasteiger partial charge on any atom is -0.399 e. The molecule has 0 heterocycles. The molecule has 0 aliphatic heterocycles. The lowest BCUT2D eigenvalue weighted by molar-refractivity contribution is 0.646. The van der Waals surface area contributed by atoms with Crippen LogP contribution in [0.2, 0.25) is 19.6 Å². The maximum Gasteiger partial charge on any atom is 0.129 e. The fourth-order valence-corrected chi connectivity index (χ4v) is 2.11. The van der Waals surface area contributed by atoms with E-state index in [4.69, 9.17) is 5.73 Å². The molecule has 0 aromatic heterocycles. The van der Waals surface area contributed by atoms with Gasteiger partial charge < -0.3 is 5.73 Å². The highest BCUT2D eigenvalue weighted by atomic mass is 28.3. The monoisotopic (exact) mass is 245 g/mol. The summed E-state index contributed by atoms with van der Waals surface area (Å²) in [5.41, 5.74) is 12.5. The molecule has 0 amide bonds. The predicted molar refractivity (Wildman–Crippen MR) is 79.6 cm³/mol. The van der Waals surface area contributed by atoms with E-state index < -0.39 is 8.07 Å². The summed E-state index contributed by atoms with van der Waals surface area (Å²) in [5, 5.41) is 0. The Morgan fingerprint density at radius 2 is 1.88 bits per heavy atom. The van der Waals surface area contributed by atoms with Crippen molar-refractivity contribution in [2.45, 2.75) is 39.9 Å². The van der Waals surface area contributed by atoms with Gasteiger partial charge in [-0.05, 0) is 36.1 Å². The zero-order valence-corrected chi connectivity index (χ0v) is 12.6. The van der Waals surface area contributed by atoms with Gasteiger partial charge in [0.2, 0.25) is 0 Å². The van der Waals surface area contributed by atoms with Crippen LogP contribution >= 0.6 is 0 Å². The average molecular weight is 245 g/mol. The van der Waals surface area contributed by atoms with Crippen LogP contribution in [0, 0.1) is 17.4 Å². The molecule has 1 rings (SSSR count). The first-order valence-corrected chi connectivity index (χ1v) is 9.69. The van der Waals surface area contributed by atoms with Crippen molar-refractivity contribution in [3.8, 4) is 11.5 Å². The van der Waals surface area contributed by atoms with Gasteiger partial charge in [0.25, 0.3) is 0 Å². The number of hydrogen-bond donors (Lipinski definition) is 1. The molecule has 0 aliphatic rings. The molecule has 0 atom stereocenters. The van der Waals surface area contributed by atoms with Gasteiger partial charge in [0.1, 0.15) is 8.07 Å². The van der Waals surface area contributed by atoms with Crippen LogP contribution < -0.4 is 5.73 Å². The summed E-state index contributed by atoms with van der Waals surface area (Å²) >= 11 is 0. The third kappa shape index (κ3) is 5.10. The zero-order valence-electron chi connectivity index (χ0n) is 11.6. The van der Waals surface area contributed by atoms with Crippen LogP contribution in [-0.4, -0.2) is 8.07 Å². The van der Waals surface area contributed by atoms with E-state index in [1.165, 1.54) is 5.56 Å². The Kier molecular flexibility index (Phi) is 4.42. The molecule has 1 nitrogen and oxygen atoms in total. The van der Waals surface area contributed by atoms with Crippen molar-refractivity contribution < 1.29 is 0 Å². The van der Waals surface area contributed by atoms with Crippen LogP contribution in [0.1, 0.15) is 25.0 Å². The second kappa shape index (κ2) is 5.42. The third-order valence-corrected chi connectivity index (χ3v) is 3.20. The lowest BCUT2D eigenvalue weighted by Gasteiger charge is -2.09. The van der Waals surface area contributed by atoms with Gasteiger partial charge in [-0.3, -0.25) is 0 Å². The van der Waals surface area contributed by atoms with E-state index in [1.54, 1.807) is 0 Å². The Balaban J connectivity index is 3.09. The highest BCUT2D eigenvalue weighted by Crippen LogP contribution is 2.17. The van der Waals surface area contributed by atoms with Crippen molar-refractivity contribution in [1.82, 2.24) is 0 Å². The van der Waals surface area contributed by atoms with Crippen LogP contribution in [0.3, 0.4) is 0 Å². The number of nitrogen functional groups attached to an aromatic ring is 1. The van der Waals surface area contributed by atoms with Crippen molar-refractivity contribution in [2.24, 2.45) is 5.92 Å². The molecular weight excluding hydrogens is 222 g/mol. The van der Waals surface area contributed by atoms with Gasteiger partial charge in [0.05, 0.1) is 0 Å². The zero-order chi connectivity index (χ0) is 13.1. The van der Waals surface area contributed by atoms with E-state index in [0.717, 1.165) is 17.7 Å². The van der Waals surface area contributed by atoms with E-state index in [-0.39, 0.29) is 0 Å². The van der Waals surface area contributed by atoms with Gasteiger partial charge in [-0.15, -0.1) is 5.54 Å². The number of benzene rings is 1. The van der Waals surface area contributed by atoms with Crippen molar-refractivity contribution in [3.05, 3.63) is 29.3 Å². The molecule has 1 aromatic rings. The first kappa shape index (κ1) is 13.9. The lowest BCUT2D eigenvalue weighted by Crippen LogP contribution is -2.16. The minimum absolute atomic E-state index is 0.629. The highest BCUT2D eigenvalue weighted by molar-refractivity contribution is 6.83. The van der Waals surface area contributed by atoms with E-state index in [9.17, 15) is 0 Å². The first-order chi connectivity index (χ1) is 7.78. The van der Waals surface area contributed by atoms with E-state index >= 15 is 0 Å². The van der Waals surface area contributed by atoms with Crippen molar-refractivity contribution >= 4 is 13.8 Å². The summed E-state index contributed by atoms with van der Waals surface area (Å²) < 4.78 is 0. The summed E-state index contributed by atoms with van der Waals surface area (Å²) in [4.78, 5) is 0. The molecule has 0 spiro atoms. The molecule has 92 valence electrons. The summed E-state index contributed by atoms with van der Waals surface area (Å²) in [6.07, 6.45) is 1.04. The molecule has 2 heteroatoms. The van der Waals surface area contributed by atoms with Gasteiger partial charge in [0.15, 0.2) is 0 Å². The maximum absolute atomic E-state index is 5.85. The number of anilines is 1. The van der Waals surface area contributed by atoms with Crippen molar-refractivity contribution in [2.75, 3.05) is 5.73 Å². The Labute approximate surface area is 106 Å². The maximum atomic E-state index is 5.85. The molecule has 17 heavy (non-hydrogen) atoms. The quantitative estimate of drug-likeness (QED) is 0.480. The van der Waals surface area contributed by atoms with E-state index in [2.05, 4.69) is 57.1 Å². The van der Waals surface area contributed by atoms with Crippen LogP contribution in [0.4, 0.5) is 5.69 Å². The van der Waals surface area contributed by atoms with Crippen molar-refractivity contribution in [1.29, 1.82) is 0 Å². The van der Waals surface area contributed by atoms with E-state index in [1.807, 2.05) is 6.07 Å². The first-order valence-electron chi connectivity index (χ1n) is 6.19. The molecular formula is C15H23NSi. The van der Waals surface area contributed by atoms with Crippen LogP contribution in [0.5, 0.6) is 0 Å². The number of hydrogen-bond acceptors (Lipinski definition) is 1. The largest absolute Gasteiger partial charge is 0.399 e. The lowest BCUT2D eigenvalue weighted by atomic mass is 9.98. The Hall–Kier alpha value is -1.20. The fraction of sp³-hybridized carbons (Fsp3) is 0.467. The van der Waals surface area contributed by atoms with Gasteiger partial charge in [0, 0.05) is 11.3 Å². The molecule has 2 N–H and O–H groups in total. The highest BCUT2D eigenvalue weighted by Gasteiger charge is 2.09. The second-order valence-corrected chi connectivity index (χ2v) is 10.8. The third-order valence-electron chi connectivity index (χ3n) is 2.33. The van der Waals surface area contributed by atoms with Crippen molar-refractivity contribution in [3.63, 3.8) is 0 Å². The summed E-state index contributed by atoms with van der Waals surface area (Å²) in [6.45, 7) is 11.2. The standard InChI is InChI=1S/C15H23NSi/c1-12(2)10-14-11-15(16)7-6-13(14)8-9-17(3,4)5/h6-7,11-12H,10,16H2,1-5H3. The molecule has 0 saturated carbocycles. The number of nitrogens with two attached hydrogens (primary N) is 1. The summed E-state index contributed by atoms with van der Waals surface area (Å²) in [5.74, 6) is 3.97. The van der Waals surface area contributed by atoms with Gasteiger partial charge in [-0.2, -0.15) is 0 Å². The van der Waals surface area contributed by atoms with Crippen LogP contribution in [-0.2, 0) is 6.42 Å². The Morgan fingerprint density at radius 1 is 1.24 bits per heavy atom. The normalized spacial score (nSPS) is 11.2. The minimum atomic E-state index is -1.31. The molecule has 1 aromatic carbocycles. The molecule has 0 aliphatic carbocycles. The van der Waals surface area contributed by atoms with Gasteiger partial charge >= 0.3 is 0 Å². The van der Waals surface area contributed by atoms with Gasteiger partial charge in [-0.25, -0.2) is 0 Å².